The summed E-state index contributed by atoms with van der Waals surface area (Å²) in [5.74, 6) is 2.03. The number of aryl methyl sites for hydroxylation is 1. The van der Waals surface area contributed by atoms with Crippen molar-refractivity contribution in [2.75, 3.05) is 19.7 Å². The Hall–Kier alpha value is -1.69. The normalized spacial score (nSPS) is 26.1. The molecule has 1 aromatic rings. The maximum absolute atomic E-state index is 12.3. The summed E-state index contributed by atoms with van der Waals surface area (Å²) < 4.78 is 5.67. The maximum Gasteiger partial charge on any atom is 0.223 e. The number of carbonyl (C=O) groups excluding carboxylic acids is 1. The molecule has 1 saturated heterocycles. The van der Waals surface area contributed by atoms with Crippen molar-refractivity contribution in [1.82, 2.24) is 20.1 Å². The lowest BCUT2D eigenvalue weighted by atomic mass is 10.0. The number of carbonyl (C=O) groups is 1. The zero-order chi connectivity index (χ0) is 13.9. The first-order valence-corrected chi connectivity index (χ1v) is 7.17. The average Bonchev–Trinajstić information content (AvgIpc) is 3.10. The topological polar surface area (TPSA) is 71.1 Å². The molecule has 1 aliphatic heterocycles. The van der Waals surface area contributed by atoms with E-state index in [0.717, 1.165) is 18.7 Å². The number of rotatable bonds is 3. The van der Waals surface area contributed by atoms with Crippen LogP contribution in [0.4, 0.5) is 0 Å². The molecule has 1 fully saturated rings. The van der Waals surface area contributed by atoms with Crippen LogP contribution in [0.5, 0.6) is 0 Å². The van der Waals surface area contributed by atoms with Crippen molar-refractivity contribution in [3.05, 3.63) is 23.8 Å². The van der Waals surface area contributed by atoms with E-state index >= 15 is 0 Å². The van der Waals surface area contributed by atoms with E-state index in [-0.39, 0.29) is 12.0 Å². The van der Waals surface area contributed by atoms with Gasteiger partial charge >= 0.3 is 0 Å². The molecule has 1 N–H and O–H groups in total. The molecule has 20 heavy (non-hydrogen) atoms. The number of ether oxygens (including phenoxy) is 1. The minimum absolute atomic E-state index is 0.210. The van der Waals surface area contributed by atoms with Gasteiger partial charge in [-0.1, -0.05) is 12.2 Å². The Bertz CT molecular complexity index is 511. The highest BCUT2D eigenvalue weighted by Gasteiger charge is 2.28. The highest BCUT2D eigenvalue weighted by atomic mass is 16.5. The van der Waals surface area contributed by atoms with Gasteiger partial charge in [-0.3, -0.25) is 9.89 Å². The van der Waals surface area contributed by atoms with E-state index < -0.39 is 0 Å². The summed E-state index contributed by atoms with van der Waals surface area (Å²) in [6.07, 6.45) is 6.91. The fourth-order valence-electron chi connectivity index (χ4n) is 2.75. The van der Waals surface area contributed by atoms with Crippen LogP contribution in [0.2, 0.25) is 0 Å². The van der Waals surface area contributed by atoms with Gasteiger partial charge in [-0.25, -0.2) is 4.98 Å². The summed E-state index contributed by atoms with van der Waals surface area (Å²) in [7, 11) is 0. The lowest BCUT2D eigenvalue weighted by Gasteiger charge is -2.32. The number of morpholine rings is 1. The van der Waals surface area contributed by atoms with Crippen LogP contribution in [0.25, 0.3) is 0 Å². The average molecular weight is 276 g/mol. The Morgan fingerprint density at radius 2 is 2.50 bits per heavy atom. The number of hydrogen-bond donors (Lipinski definition) is 1. The standard InChI is InChI=1S/C14H20N4O2/c1-10-15-14(17-16-10)12-9-18(6-7-20-12)13(19)8-11-4-2-3-5-11/h2,4,11-12H,3,5-9H2,1H3,(H,15,16,17)/t11-,12+/m0/s1. The minimum atomic E-state index is -0.211. The second kappa shape index (κ2) is 5.75. The Morgan fingerprint density at radius 3 is 3.20 bits per heavy atom. The van der Waals surface area contributed by atoms with E-state index in [9.17, 15) is 4.79 Å². The molecule has 0 bridgehead atoms. The van der Waals surface area contributed by atoms with E-state index in [0.29, 0.717) is 37.9 Å². The van der Waals surface area contributed by atoms with Crippen molar-refractivity contribution < 1.29 is 9.53 Å². The zero-order valence-electron chi connectivity index (χ0n) is 11.7. The number of nitrogens with one attached hydrogen (secondary N) is 1. The summed E-state index contributed by atoms with van der Waals surface area (Å²) in [6, 6.07) is 0. The van der Waals surface area contributed by atoms with Crippen molar-refractivity contribution in [1.29, 1.82) is 0 Å². The SMILES string of the molecule is Cc1nc([C@H]2CN(C(=O)C[C@H]3C=CCC3)CCO2)n[nH]1. The first-order chi connectivity index (χ1) is 9.72. The molecule has 0 aromatic carbocycles. The van der Waals surface area contributed by atoms with Crippen molar-refractivity contribution in [2.24, 2.45) is 5.92 Å². The second-order valence-corrected chi connectivity index (χ2v) is 5.45. The molecule has 2 aliphatic rings. The highest BCUT2D eigenvalue weighted by Crippen LogP contribution is 2.24. The van der Waals surface area contributed by atoms with Crippen molar-refractivity contribution in [3.8, 4) is 0 Å². The molecule has 108 valence electrons. The molecule has 0 saturated carbocycles. The molecule has 1 aromatic heterocycles. The fraction of sp³-hybridized carbons (Fsp3) is 0.643. The third-order valence-electron chi connectivity index (χ3n) is 3.87. The van der Waals surface area contributed by atoms with Crippen LogP contribution >= 0.6 is 0 Å². The molecule has 1 amide bonds. The largest absolute Gasteiger partial charge is 0.366 e. The summed E-state index contributed by atoms with van der Waals surface area (Å²) >= 11 is 0. The van der Waals surface area contributed by atoms with E-state index in [1.807, 2.05) is 11.8 Å². The fourth-order valence-corrected chi connectivity index (χ4v) is 2.75. The van der Waals surface area contributed by atoms with Crippen molar-refractivity contribution >= 4 is 5.91 Å². The van der Waals surface area contributed by atoms with Crippen molar-refractivity contribution in [3.63, 3.8) is 0 Å². The van der Waals surface area contributed by atoms with Crippen LogP contribution in [0.3, 0.4) is 0 Å². The highest BCUT2D eigenvalue weighted by molar-refractivity contribution is 5.76. The Balaban J connectivity index is 1.59. The monoisotopic (exact) mass is 276 g/mol. The van der Waals surface area contributed by atoms with Crippen LogP contribution < -0.4 is 0 Å². The predicted octanol–water partition coefficient (Wildman–Crippen LogP) is 1.37. The van der Waals surface area contributed by atoms with Crippen molar-refractivity contribution in [2.45, 2.75) is 32.3 Å². The van der Waals surface area contributed by atoms with Gasteiger partial charge in [0.2, 0.25) is 5.91 Å². The first kappa shape index (κ1) is 13.3. The number of nitrogens with zero attached hydrogens (tertiary/aromatic N) is 3. The molecule has 0 unspecified atom stereocenters. The van der Waals surface area contributed by atoms with Crippen LogP contribution in [0.1, 0.15) is 37.0 Å². The number of aromatic nitrogens is 3. The van der Waals surface area contributed by atoms with Gasteiger partial charge in [0, 0.05) is 13.0 Å². The molecule has 0 spiro atoms. The molecule has 1 aliphatic carbocycles. The predicted molar refractivity (Wildman–Crippen MR) is 72.9 cm³/mol. The Morgan fingerprint density at radius 1 is 1.60 bits per heavy atom. The lowest BCUT2D eigenvalue weighted by molar-refractivity contribution is -0.140. The van der Waals surface area contributed by atoms with Crippen LogP contribution in [-0.2, 0) is 9.53 Å². The molecular weight excluding hydrogens is 256 g/mol. The van der Waals surface area contributed by atoms with Crippen LogP contribution in [0, 0.1) is 12.8 Å². The maximum atomic E-state index is 12.3. The molecule has 6 nitrogen and oxygen atoms in total. The van der Waals surface area contributed by atoms with Gasteiger partial charge in [0.05, 0.1) is 13.2 Å². The number of aromatic amines is 1. The van der Waals surface area contributed by atoms with Gasteiger partial charge in [-0.15, -0.1) is 0 Å². The summed E-state index contributed by atoms with van der Waals surface area (Å²) in [6.45, 7) is 3.61. The summed E-state index contributed by atoms with van der Waals surface area (Å²) in [4.78, 5) is 18.5. The third-order valence-corrected chi connectivity index (χ3v) is 3.87. The van der Waals surface area contributed by atoms with Crippen LogP contribution in [0.15, 0.2) is 12.2 Å². The molecule has 2 atom stereocenters. The van der Waals surface area contributed by atoms with E-state index in [1.54, 1.807) is 0 Å². The Labute approximate surface area is 118 Å². The Kier molecular flexibility index (Phi) is 3.82. The molecule has 6 heteroatoms. The van der Waals surface area contributed by atoms with Crippen LogP contribution in [-0.4, -0.2) is 45.7 Å². The number of allylic oxidation sites excluding steroid dienone is 2. The van der Waals surface area contributed by atoms with Gasteiger partial charge in [-0.2, -0.15) is 5.10 Å². The first-order valence-electron chi connectivity index (χ1n) is 7.17. The van der Waals surface area contributed by atoms with Gasteiger partial charge in [-0.05, 0) is 25.7 Å². The second-order valence-electron chi connectivity index (χ2n) is 5.45. The van der Waals surface area contributed by atoms with E-state index in [2.05, 4.69) is 27.3 Å². The van der Waals surface area contributed by atoms with Gasteiger partial charge in [0.25, 0.3) is 0 Å². The smallest absolute Gasteiger partial charge is 0.223 e. The molecule has 2 heterocycles. The quantitative estimate of drug-likeness (QED) is 0.846. The van der Waals surface area contributed by atoms with Gasteiger partial charge < -0.3 is 9.64 Å². The molecule has 3 rings (SSSR count). The van der Waals surface area contributed by atoms with E-state index in [1.165, 1.54) is 0 Å². The third kappa shape index (κ3) is 2.90. The van der Waals surface area contributed by atoms with E-state index in [4.69, 9.17) is 4.74 Å². The number of amides is 1. The zero-order valence-corrected chi connectivity index (χ0v) is 11.7. The minimum Gasteiger partial charge on any atom is -0.366 e. The number of H-pyrrole nitrogens is 1. The molecule has 0 radical (unpaired) electrons. The molecular formula is C14H20N4O2. The van der Waals surface area contributed by atoms with Gasteiger partial charge in [0.15, 0.2) is 5.82 Å². The number of hydrogen-bond acceptors (Lipinski definition) is 4. The summed E-state index contributed by atoms with van der Waals surface area (Å²) in [5.41, 5.74) is 0. The summed E-state index contributed by atoms with van der Waals surface area (Å²) in [5, 5.41) is 6.94. The van der Waals surface area contributed by atoms with Gasteiger partial charge in [0.1, 0.15) is 11.9 Å². The lowest BCUT2D eigenvalue weighted by Crippen LogP contribution is -2.43.